The third kappa shape index (κ3) is 3.60. The fraction of sp³-hybridized carbons (Fsp3) is 0.118. The molecule has 0 saturated carbocycles. The van der Waals surface area contributed by atoms with Gasteiger partial charge in [0.2, 0.25) is 0 Å². The molecule has 0 fully saturated rings. The van der Waals surface area contributed by atoms with E-state index in [1.165, 1.54) is 44.4 Å². The maximum absolute atomic E-state index is 12.6. The van der Waals surface area contributed by atoms with Crippen molar-refractivity contribution in [1.29, 1.82) is 0 Å². The number of fused-ring (bicyclic) bond motifs is 1. The number of H-pyrrole nitrogens is 2. The molecular formula is C17H14N2O7S. The molecule has 0 atom stereocenters. The van der Waals surface area contributed by atoms with Crippen LogP contribution in [-0.2, 0) is 10.1 Å². The number of benzene rings is 2. The van der Waals surface area contributed by atoms with Crippen LogP contribution >= 0.6 is 0 Å². The van der Waals surface area contributed by atoms with Crippen molar-refractivity contribution in [3.8, 4) is 11.5 Å². The number of aromatic amines is 2. The summed E-state index contributed by atoms with van der Waals surface area (Å²) in [7, 11) is -2.98. The largest absolute Gasteiger partial charge is 0.497 e. The van der Waals surface area contributed by atoms with Gasteiger partial charge in [0.15, 0.2) is 11.5 Å². The number of carbonyl (C=O) groups is 1. The van der Waals surface area contributed by atoms with Gasteiger partial charge in [-0.1, -0.05) is 0 Å². The van der Waals surface area contributed by atoms with Gasteiger partial charge in [0.1, 0.15) is 10.6 Å². The van der Waals surface area contributed by atoms with E-state index in [0.717, 1.165) is 6.07 Å². The topological polar surface area (TPSA) is 135 Å². The van der Waals surface area contributed by atoms with Gasteiger partial charge >= 0.3 is 15.8 Å². The standard InChI is InChI=1S/C17H14N2O7S/c1-9(20)12-5-3-10(25-2)7-15(12)26-27(23,24)11-4-6-14-13(8-11)16(21)19-17(22)18-14/h3-8H,1-2H3,(H2,18,19,21,22). The Morgan fingerprint density at radius 1 is 1.04 bits per heavy atom. The summed E-state index contributed by atoms with van der Waals surface area (Å²) in [5, 5.41) is -0.0308. The smallest absolute Gasteiger partial charge is 0.339 e. The first-order valence-electron chi connectivity index (χ1n) is 7.61. The normalized spacial score (nSPS) is 11.3. The molecule has 0 aliphatic heterocycles. The van der Waals surface area contributed by atoms with E-state index in [0.29, 0.717) is 5.75 Å². The van der Waals surface area contributed by atoms with Gasteiger partial charge in [-0.15, -0.1) is 0 Å². The van der Waals surface area contributed by atoms with E-state index in [9.17, 15) is 22.8 Å². The van der Waals surface area contributed by atoms with Crippen LogP contribution in [0, 0.1) is 0 Å². The molecule has 3 aromatic rings. The minimum Gasteiger partial charge on any atom is -0.497 e. The minimum atomic E-state index is -4.37. The number of ketones is 1. The number of hydrogen-bond donors (Lipinski definition) is 2. The molecule has 140 valence electrons. The quantitative estimate of drug-likeness (QED) is 0.493. The van der Waals surface area contributed by atoms with E-state index in [1.54, 1.807) is 0 Å². The van der Waals surface area contributed by atoms with Gasteiger partial charge in [0.05, 0.1) is 23.6 Å². The summed E-state index contributed by atoms with van der Waals surface area (Å²) in [6, 6.07) is 7.71. The van der Waals surface area contributed by atoms with Crippen molar-refractivity contribution < 1.29 is 22.1 Å². The number of ether oxygens (including phenoxy) is 1. The Bertz CT molecular complexity index is 1270. The predicted molar refractivity (Wildman–Crippen MR) is 96.0 cm³/mol. The molecule has 9 nitrogen and oxygen atoms in total. The molecule has 2 aromatic carbocycles. The van der Waals surface area contributed by atoms with Crippen molar-refractivity contribution in [1.82, 2.24) is 9.97 Å². The molecular weight excluding hydrogens is 376 g/mol. The number of methoxy groups -OCH3 is 1. The molecule has 27 heavy (non-hydrogen) atoms. The first-order chi connectivity index (χ1) is 12.7. The molecule has 3 rings (SSSR count). The van der Waals surface area contributed by atoms with Crippen LogP contribution in [0.4, 0.5) is 0 Å². The van der Waals surface area contributed by atoms with Crippen LogP contribution in [0.3, 0.4) is 0 Å². The zero-order valence-electron chi connectivity index (χ0n) is 14.2. The van der Waals surface area contributed by atoms with E-state index in [-0.39, 0.29) is 27.1 Å². The molecule has 0 unspecified atom stereocenters. The summed E-state index contributed by atoms with van der Waals surface area (Å²) in [5.41, 5.74) is -1.21. The van der Waals surface area contributed by atoms with E-state index >= 15 is 0 Å². The summed E-state index contributed by atoms with van der Waals surface area (Å²) >= 11 is 0. The lowest BCUT2D eigenvalue weighted by Crippen LogP contribution is -2.22. The molecule has 10 heteroatoms. The molecule has 0 saturated heterocycles. The lowest BCUT2D eigenvalue weighted by molar-refractivity contribution is 0.101. The second kappa shape index (κ2) is 6.72. The Hall–Kier alpha value is -3.40. The number of rotatable bonds is 5. The van der Waals surface area contributed by atoms with Crippen molar-refractivity contribution in [3.63, 3.8) is 0 Å². The summed E-state index contributed by atoms with van der Waals surface area (Å²) in [4.78, 5) is 39.0. The van der Waals surface area contributed by atoms with Gasteiger partial charge < -0.3 is 13.9 Å². The number of aromatic nitrogens is 2. The van der Waals surface area contributed by atoms with Gasteiger partial charge in [0.25, 0.3) is 5.56 Å². The van der Waals surface area contributed by atoms with E-state index in [2.05, 4.69) is 4.98 Å². The summed E-state index contributed by atoms with van der Waals surface area (Å²) in [6.45, 7) is 1.27. The highest BCUT2D eigenvalue weighted by Crippen LogP contribution is 2.28. The van der Waals surface area contributed by atoms with Crippen molar-refractivity contribution in [2.45, 2.75) is 11.8 Å². The van der Waals surface area contributed by atoms with Gasteiger partial charge in [-0.3, -0.25) is 14.6 Å². The summed E-state index contributed by atoms with van der Waals surface area (Å²) < 4.78 is 35.4. The fourth-order valence-electron chi connectivity index (χ4n) is 2.46. The van der Waals surface area contributed by atoms with Crippen LogP contribution in [0.1, 0.15) is 17.3 Å². The third-order valence-electron chi connectivity index (χ3n) is 3.77. The van der Waals surface area contributed by atoms with E-state index in [4.69, 9.17) is 8.92 Å². The Labute approximate surface area is 152 Å². The van der Waals surface area contributed by atoms with Gasteiger partial charge in [-0.2, -0.15) is 8.42 Å². The lowest BCUT2D eigenvalue weighted by atomic mass is 10.1. The molecule has 1 aromatic heterocycles. The third-order valence-corrected chi connectivity index (χ3v) is 5.00. The second-order valence-electron chi connectivity index (χ2n) is 5.57. The van der Waals surface area contributed by atoms with E-state index < -0.39 is 27.2 Å². The summed E-state index contributed by atoms with van der Waals surface area (Å²) in [5.74, 6) is -0.287. The van der Waals surface area contributed by atoms with Gasteiger partial charge in [-0.05, 0) is 37.3 Å². The molecule has 0 aliphatic rings. The maximum atomic E-state index is 12.6. The average Bonchev–Trinajstić information content (AvgIpc) is 2.60. The molecule has 0 spiro atoms. The average molecular weight is 390 g/mol. The lowest BCUT2D eigenvalue weighted by Gasteiger charge is -2.12. The summed E-state index contributed by atoms with van der Waals surface area (Å²) in [6.07, 6.45) is 0. The molecule has 0 aliphatic carbocycles. The molecule has 0 amide bonds. The highest BCUT2D eigenvalue weighted by molar-refractivity contribution is 7.87. The zero-order valence-corrected chi connectivity index (χ0v) is 15.0. The molecule has 0 bridgehead atoms. The van der Waals surface area contributed by atoms with Crippen molar-refractivity contribution in [2.24, 2.45) is 0 Å². The first kappa shape index (κ1) is 18.4. The van der Waals surface area contributed by atoms with Crippen LogP contribution < -0.4 is 20.2 Å². The van der Waals surface area contributed by atoms with Crippen molar-refractivity contribution >= 4 is 26.8 Å². The van der Waals surface area contributed by atoms with Crippen molar-refractivity contribution in [3.05, 3.63) is 62.8 Å². The number of carbonyl (C=O) groups excluding carboxylic acids is 1. The SMILES string of the molecule is COc1ccc(C(C)=O)c(OS(=O)(=O)c2ccc3[nH]c(=O)[nH]c(=O)c3c2)c1. The maximum Gasteiger partial charge on any atom is 0.339 e. The number of Topliss-reactive ketones (excluding diaryl/α,β-unsaturated/α-hetero) is 1. The first-order valence-corrected chi connectivity index (χ1v) is 9.02. The van der Waals surface area contributed by atoms with Crippen LogP contribution in [0.2, 0.25) is 0 Å². The zero-order chi connectivity index (χ0) is 19.8. The van der Waals surface area contributed by atoms with Crippen molar-refractivity contribution in [2.75, 3.05) is 7.11 Å². The van der Waals surface area contributed by atoms with Crippen LogP contribution in [0.25, 0.3) is 10.9 Å². The highest BCUT2D eigenvalue weighted by atomic mass is 32.2. The Kier molecular flexibility index (Phi) is 4.58. The van der Waals surface area contributed by atoms with Gasteiger partial charge in [0, 0.05) is 6.07 Å². The Morgan fingerprint density at radius 2 is 1.78 bits per heavy atom. The fourth-order valence-corrected chi connectivity index (χ4v) is 3.42. The molecule has 1 heterocycles. The molecule has 2 N–H and O–H groups in total. The Balaban J connectivity index is 2.10. The van der Waals surface area contributed by atoms with Gasteiger partial charge in [-0.25, -0.2) is 4.79 Å². The Morgan fingerprint density at radius 3 is 2.44 bits per heavy atom. The number of nitrogens with one attached hydrogen (secondary N) is 2. The highest BCUT2D eigenvalue weighted by Gasteiger charge is 2.21. The van der Waals surface area contributed by atoms with E-state index in [1.807, 2.05) is 4.98 Å². The van der Waals surface area contributed by atoms with Crippen LogP contribution in [0.15, 0.2) is 50.9 Å². The minimum absolute atomic E-state index is 0.0308. The molecule has 0 radical (unpaired) electrons. The number of hydrogen-bond acceptors (Lipinski definition) is 7. The van der Waals surface area contributed by atoms with Crippen LogP contribution in [0.5, 0.6) is 11.5 Å². The predicted octanol–water partition coefficient (Wildman–Crippen LogP) is 1.20. The second-order valence-corrected chi connectivity index (χ2v) is 7.12. The van der Waals surface area contributed by atoms with Crippen LogP contribution in [-0.4, -0.2) is 31.3 Å². The monoisotopic (exact) mass is 390 g/mol.